The second kappa shape index (κ2) is 9.39. The molecule has 0 aromatic carbocycles. The monoisotopic (exact) mass is 292 g/mol. The van der Waals surface area contributed by atoms with Gasteiger partial charge in [0.25, 0.3) is 0 Å². The molecule has 0 aliphatic heterocycles. The molecule has 0 N–H and O–H groups in total. The molecule has 0 aromatic heterocycles. The lowest BCUT2D eigenvalue weighted by Crippen LogP contribution is -2.13. The molecule has 0 aliphatic rings. The second-order valence-electron chi connectivity index (χ2n) is 3.14. The van der Waals surface area contributed by atoms with Gasteiger partial charge >= 0.3 is 11.9 Å². The lowest BCUT2D eigenvalue weighted by Gasteiger charge is -2.10. The summed E-state index contributed by atoms with van der Waals surface area (Å²) in [5.41, 5.74) is 0. The van der Waals surface area contributed by atoms with E-state index >= 15 is 0 Å². The van der Waals surface area contributed by atoms with Gasteiger partial charge < -0.3 is 9.47 Å². The Labute approximate surface area is 104 Å². The Morgan fingerprint density at radius 2 is 1.75 bits per heavy atom. The highest BCUT2D eigenvalue weighted by molar-refractivity contribution is 9.09. The van der Waals surface area contributed by atoms with Crippen LogP contribution in [0.1, 0.15) is 20.3 Å². The van der Waals surface area contributed by atoms with Gasteiger partial charge in [-0.15, -0.1) is 0 Å². The van der Waals surface area contributed by atoms with E-state index in [9.17, 15) is 9.59 Å². The van der Waals surface area contributed by atoms with Gasteiger partial charge in [-0.25, -0.2) is 9.59 Å². The fourth-order valence-electron chi connectivity index (χ4n) is 0.846. The number of carbonyl (C=O) groups is 2. The van der Waals surface area contributed by atoms with Crippen molar-refractivity contribution in [2.75, 3.05) is 18.5 Å². The molecule has 0 saturated heterocycles. The summed E-state index contributed by atoms with van der Waals surface area (Å²) in [5, 5.41) is 0.790. The molecular formula is C11H17BrO4. The van der Waals surface area contributed by atoms with E-state index in [0.717, 1.165) is 23.9 Å². The number of hydrogen-bond donors (Lipinski definition) is 0. The van der Waals surface area contributed by atoms with Crippen LogP contribution in [-0.2, 0) is 19.1 Å². The summed E-state index contributed by atoms with van der Waals surface area (Å²) in [6.45, 7) is 4.37. The molecule has 5 heteroatoms. The van der Waals surface area contributed by atoms with Gasteiger partial charge in [-0.2, -0.15) is 0 Å². The lowest BCUT2D eigenvalue weighted by molar-refractivity contribution is -0.140. The van der Waals surface area contributed by atoms with Crippen LogP contribution in [0.5, 0.6) is 0 Å². The number of rotatable bonds is 7. The number of halogens is 1. The Balaban J connectivity index is 3.85. The molecule has 0 fully saturated rings. The zero-order valence-electron chi connectivity index (χ0n) is 9.57. The maximum atomic E-state index is 11.2. The quantitative estimate of drug-likeness (QED) is 0.409. The summed E-state index contributed by atoms with van der Waals surface area (Å²) in [7, 11) is 0. The summed E-state index contributed by atoms with van der Waals surface area (Å²) in [4.78, 5) is 22.0. The molecule has 0 saturated carbocycles. The van der Waals surface area contributed by atoms with E-state index in [1.807, 2.05) is 6.92 Å². The number of hydrogen-bond acceptors (Lipinski definition) is 4. The van der Waals surface area contributed by atoms with Crippen LogP contribution in [0, 0.1) is 5.92 Å². The van der Waals surface area contributed by atoms with Crippen LogP contribution in [-0.4, -0.2) is 30.5 Å². The predicted octanol–water partition coefficient (Wildman–Crippen LogP) is 2.07. The van der Waals surface area contributed by atoms with Crippen molar-refractivity contribution in [3.8, 4) is 0 Å². The molecule has 0 aliphatic carbocycles. The van der Waals surface area contributed by atoms with Crippen molar-refractivity contribution in [2.45, 2.75) is 20.3 Å². The maximum absolute atomic E-state index is 11.2. The molecule has 4 nitrogen and oxygen atoms in total. The Hall–Kier alpha value is -0.840. The van der Waals surface area contributed by atoms with Crippen LogP contribution in [0.25, 0.3) is 0 Å². The third-order valence-electron chi connectivity index (χ3n) is 1.90. The minimum absolute atomic E-state index is 0.291. The maximum Gasteiger partial charge on any atom is 0.331 e. The first-order chi connectivity index (χ1) is 7.63. The standard InChI is InChI=1S/C11H17BrO4/c1-3-9(7-12)8-16-11(14)6-5-10(13)15-4-2/h5-6,9H,3-4,7-8H2,1-2H3/b6-5+/t9-/m1/s1. The van der Waals surface area contributed by atoms with Crippen LogP contribution >= 0.6 is 15.9 Å². The van der Waals surface area contributed by atoms with Gasteiger partial charge in [-0.1, -0.05) is 22.9 Å². The minimum atomic E-state index is -0.535. The number of esters is 2. The Morgan fingerprint density at radius 1 is 1.19 bits per heavy atom. The van der Waals surface area contributed by atoms with E-state index in [1.54, 1.807) is 6.92 Å². The van der Waals surface area contributed by atoms with Crippen LogP contribution in [0.3, 0.4) is 0 Å². The fraction of sp³-hybridized carbons (Fsp3) is 0.636. The first kappa shape index (κ1) is 15.2. The smallest absolute Gasteiger partial charge is 0.331 e. The largest absolute Gasteiger partial charge is 0.463 e. The zero-order chi connectivity index (χ0) is 12.4. The van der Waals surface area contributed by atoms with E-state index in [4.69, 9.17) is 4.74 Å². The van der Waals surface area contributed by atoms with Gasteiger partial charge in [0.1, 0.15) is 0 Å². The molecule has 0 amide bonds. The fourth-order valence-corrected chi connectivity index (χ4v) is 1.49. The van der Waals surface area contributed by atoms with E-state index in [1.165, 1.54) is 0 Å². The summed E-state index contributed by atoms with van der Waals surface area (Å²) >= 11 is 3.33. The Bertz CT molecular complexity index is 246. The Morgan fingerprint density at radius 3 is 2.19 bits per heavy atom. The first-order valence-electron chi connectivity index (χ1n) is 5.21. The van der Waals surface area contributed by atoms with Gasteiger partial charge in [0.05, 0.1) is 13.2 Å². The van der Waals surface area contributed by atoms with Crippen LogP contribution < -0.4 is 0 Å². The third kappa shape index (κ3) is 7.45. The van der Waals surface area contributed by atoms with Gasteiger partial charge in [0, 0.05) is 23.4 Å². The van der Waals surface area contributed by atoms with Crippen molar-refractivity contribution in [3.63, 3.8) is 0 Å². The Kier molecular flexibility index (Phi) is 8.90. The molecule has 0 radical (unpaired) electrons. The summed E-state index contributed by atoms with van der Waals surface area (Å²) in [6, 6.07) is 0. The third-order valence-corrected chi connectivity index (χ3v) is 2.81. The molecule has 0 bridgehead atoms. The highest BCUT2D eigenvalue weighted by Gasteiger charge is 2.07. The van der Waals surface area contributed by atoms with Crippen molar-refractivity contribution in [1.82, 2.24) is 0 Å². The highest BCUT2D eigenvalue weighted by atomic mass is 79.9. The highest BCUT2D eigenvalue weighted by Crippen LogP contribution is 2.06. The van der Waals surface area contributed by atoms with Gasteiger partial charge in [-0.05, 0) is 13.3 Å². The number of alkyl halides is 1. The molecule has 0 spiro atoms. The number of carbonyl (C=O) groups excluding carboxylic acids is 2. The van der Waals surface area contributed by atoms with Gasteiger partial charge in [0.2, 0.25) is 0 Å². The van der Waals surface area contributed by atoms with Crippen molar-refractivity contribution >= 4 is 27.9 Å². The van der Waals surface area contributed by atoms with E-state index < -0.39 is 11.9 Å². The molecular weight excluding hydrogens is 276 g/mol. The van der Waals surface area contributed by atoms with Crippen molar-refractivity contribution in [1.29, 1.82) is 0 Å². The van der Waals surface area contributed by atoms with E-state index in [0.29, 0.717) is 19.1 Å². The van der Waals surface area contributed by atoms with Crippen LogP contribution in [0.15, 0.2) is 12.2 Å². The average Bonchev–Trinajstić information content (AvgIpc) is 2.28. The van der Waals surface area contributed by atoms with Crippen molar-refractivity contribution in [2.24, 2.45) is 5.92 Å². The predicted molar refractivity (Wildman–Crippen MR) is 64.3 cm³/mol. The molecule has 16 heavy (non-hydrogen) atoms. The average molecular weight is 293 g/mol. The number of ether oxygens (including phenoxy) is 2. The first-order valence-corrected chi connectivity index (χ1v) is 6.33. The second-order valence-corrected chi connectivity index (χ2v) is 3.79. The minimum Gasteiger partial charge on any atom is -0.463 e. The molecule has 1 atom stereocenters. The van der Waals surface area contributed by atoms with E-state index in [2.05, 4.69) is 20.7 Å². The summed E-state index contributed by atoms with van der Waals surface area (Å²) < 4.78 is 9.57. The van der Waals surface area contributed by atoms with Crippen molar-refractivity contribution < 1.29 is 19.1 Å². The molecule has 0 aromatic rings. The van der Waals surface area contributed by atoms with E-state index in [-0.39, 0.29) is 0 Å². The normalized spacial score (nSPS) is 12.4. The summed E-state index contributed by atoms with van der Waals surface area (Å²) in [5.74, 6) is -0.751. The van der Waals surface area contributed by atoms with Crippen molar-refractivity contribution in [3.05, 3.63) is 12.2 Å². The lowest BCUT2D eigenvalue weighted by atomic mass is 10.1. The van der Waals surface area contributed by atoms with Crippen LogP contribution in [0.4, 0.5) is 0 Å². The van der Waals surface area contributed by atoms with Gasteiger partial charge in [0.15, 0.2) is 0 Å². The molecule has 92 valence electrons. The topological polar surface area (TPSA) is 52.6 Å². The SMILES string of the molecule is CCOC(=O)/C=C/C(=O)OC[C@H](CC)CBr. The van der Waals surface area contributed by atoms with Crippen LogP contribution in [0.2, 0.25) is 0 Å². The molecule has 0 heterocycles. The zero-order valence-corrected chi connectivity index (χ0v) is 11.2. The molecule has 0 rings (SSSR count). The van der Waals surface area contributed by atoms with Gasteiger partial charge in [-0.3, -0.25) is 0 Å². The molecule has 0 unspecified atom stereocenters. The summed E-state index contributed by atoms with van der Waals surface area (Å²) in [6.07, 6.45) is 3.08.